The highest BCUT2D eigenvalue weighted by Crippen LogP contribution is 2.51. The first-order valence-corrected chi connectivity index (χ1v) is 10.0. The van der Waals surface area contributed by atoms with Crippen LogP contribution in [0.5, 0.6) is 0 Å². The number of nitrogens with one attached hydrogen (secondary N) is 1. The fraction of sp³-hybridized carbons (Fsp3) is 0.950. The first-order valence-electron chi connectivity index (χ1n) is 10.0. The second kappa shape index (κ2) is 7.07. The highest BCUT2D eigenvalue weighted by atomic mass is 16.6. The minimum absolute atomic E-state index is 0.173. The molecule has 3 aliphatic rings. The molecule has 0 aromatic heterocycles. The van der Waals surface area contributed by atoms with E-state index >= 15 is 0 Å². The van der Waals surface area contributed by atoms with Gasteiger partial charge in [0.05, 0.1) is 6.10 Å². The molecular formula is C20H36N2O3. The number of amides is 1. The largest absolute Gasteiger partial charge is 0.444 e. The van der Waals surface area contributed by atoms with Crippen molar-refractivity contribution < 1.29 is 14.3 Å². The Morgan fingerprint density at radius 3 is 2.68 bits per heavy atom. The van der Waals surface area contributed by atoms with Crippen LogP contribution in [0.15, 0.2) is 0 Å². The molecule has 1 N–H and O–H groups in total. The Balaban J connectivity index is 1.61. The normalized spacial score (nSPS) is 35.3. The number of likely N-dealkylation sites (tertiary alicyclic amines) is 1. The van der Waals surface area contributed by atoms with Gasteiger partial charge in [0, 0.05) is 43.1 Å². The van der Waals surface area contributed by atoms with E-state index in [0.29, 0.717) is 24.1 Å². The van der Waals surface area contributed by atoms with Gasteiger partial charge in [0.1, 0.15) is 5.60 Å². The average molecular weight is 353 g/mol. The molecule has 1 aliphatic carbocycles. The lowest BCUT2D eigenvalue weighted by atomic mass is 9.55. The zero-order valence-corrected chi connectivity index (χ0v) is 16.6. The molecule has 0 aromatic carbocycles. The molecule has 1 amide bonds. The van der Waals surface area contributed by atoms with E-state index in [1.165, 1.54) is 12.8 Å². The van der Waals surface area contributed by atoms with Gasteiger partial charge < -0.3 is 19.7 Å². The van der Waals surface area contributed by atoms with Crippen molar-refractivity contribution in [1.82, 2.24) is 10.2 Å². The quantitative estimate of drug-likeness (QED) is 0.825. The maximum Gasteiger partial charge on any atom is 0.410 e. The smallest absolute Gasteiger partial charge is 0.410 e. The van der Waals surface area contributed by atoms with E-state index in [1.54, 1.807) is 0 Å². The molecule has 4 atom stereocenters. The molecule has 5 nitrogen and oxygen atoms in total. The Kier molecular flexibility index (Phi) is 5.36. The van der Waals surface area contributed by atoms with E-state index in [9.17, 15) is 4.79 Å². The van der Waals surface area contributed by atoms with Crippen LogP contribution in [-0.4, -0.2) is 54.5 Å². The summed E-state index contributed by atoms with van der Waals surface area (Å²) in [6.45, 7) is 12.9. The van der Waals surface area contributed by atoms with Crippen LogP contribution in [0.3, 0.4) is 0 Å². The standard InChI is InChI=1S/C20H36N2O3/c1-19(2,3)25-18(23)22-11-7-6-9-14(13-22)21-16-15-10-8-12-24-17(15)20(16,4)5/h14-17,21H,6-13H2,1-5H3. The Hall–Kier alpha value is -0.810. The molecule has 2 aliphatic heterocycles. The summed E-state index contributed by atoms with van der Waals surface area (Å²) in [5, 5.41) is 3.90. The van der Waals surface area contributed by atoms with Gasteiger partial charge in [-0.2, -0.15) is 0 Å². The molecule has 3 rings (SSSR count). The molecule has 0 bridgehead atoms. The second-order valence-electron chi connectivity index (χ2n) is 9.68. The fourth-order valence-corrected chi connectivity index (χ4v) is 4.89. The van der Waals surface area contributed by atoms with Crippen molar-refractivity contribution in [3.63, 3.8) is 0 Å². The SMILES string of the molecule is CC(C)(C)OC(=O)N1CCCCC(NC2C3CCCOC3C2(C)C)C1. The maximum absolute atomic E-state index is 12.5. The number of ether oxygens (including phenoxy) is 2. The van der Waals surface area contributed by atoms with Gasteiger partial charge in [0.2, 0.25) is 0 Å². The molecule has 3 fully saturated rings. The number of fused-ring (bicyclic) bond motifs is 1. The van der Waals surface area contributed by atoms with Crippen LogP contribution in [0.2, 0.25) is 0 Å². The first-order chi connectivity index (χ1) is 11.7. The molecule has 1 saturated carbocycles. The van der Waals surface area contributed by atoms with Crippen molar-refractivity contribution in [2.75, 3.05) is 19.7 Å². The van der Waals surface area contributed by atoms with Gasteiger partial charge in [0.25, 0.3) is 0 Å². The van der Waals surface area contributed by atoms with Crippen LogP contribution in [0.4, 0.5) is 4.79 Å². The van der Waals surface area contributed by atoms with Crippen molar-refractivity contribution in [1.29, 1.82) is 0 Å². The van der Waals surface area contributed by atoms with Gasteiger partial charge in [-0.05, 0) is 46.5 Å². The van der Waals surface area contributed by atoms with Crippen LogP contribution in [0.1, 0.15) is 66.7 Å². The third-order valence-electron chi connectivity index (χ3n) is 6.07. The van der Waals surface area contributed by atoms with Crippen LogP contribution in [0.25, 0.3) is 0 Å². The molecule has 0 aromatic rings. The van der Waals surface area contributed by atoms with Crippen LogP contribution >= 0.6 is 0 Å². The zero-order chi connectivity index (χ0) is 18.2. The lowest BCUT2D eigenvalue weighted by Crippen LogP contribution is -2.71. The van der Waals surface area contributed by atoms with E-state index in [-0.39, 0.29) is 11.5 Å². The summed E-state index contributed by atoms with van der Waals surface area (Å²) in [6, 6.07) is 0.837. The van der Waals surface area contributed by atoms with Gasteiger partial charge in [-0.15, -0.1) is 0 Å². The first kappa shape index (κ1) is 19.0. The number of hydrogen-bond donors (Lipinski definition) is 1. The fourth-order valence-electron chi connectivity index (χ4n) is 4.89. The average Bonchev–Trinajstić information content (AvgIpc) is 2.77. The number of rotatable bonds is 2. The van der Waals surface area contributed by atoms with Crippen molar-refractivity contribution in [2.24, 2.45) is 11.3 Å². The van der Waals surface area contributed by atoms with Crippen molar-refractivity contribution in [3.05, 3.63) is 0 Å². The van der Waals surface area contributed by atoms with E-state index in [2.05, 4.69) is 19.2 Å². The molecule has 2 saturated heterocycles. The minimum atomic E-state index is -0.436. The molecule has 4 unspecified atom stereocenters. The van der Waals surface area contributed by atoms with Gasteiger partial charge in [-0.3, -0.25) is 0 Å². The van der Waals surface area contributed by atoms with Crippen molar-refractivity contribution in [2.45, 2.75) is 90.5 Å². The lowest BCUT2D eigenvalue weighted by Gasteiger charge is -2.61. The predicted octanol–water partition coefficient (Wildman–Crippen LogP) is 3.57. The van der Waals surface area contributed by atoms with Crippen LogP contribution in [-0.2, 0) is 9.47 Å². The van der Waals surface area contributed by atoms with Gasteiger partial charge >= 0.3 is 6.09 Å². The monoisotopic (exact) mass is 352 g/mol. The van der Waals surface area contributed by atoms with E-state index in [0.717, 1.165) is 39.0 Å². The highest BCUT2D eigenvalue weighted by Gasteiger charge is 2.58. The van der Waals surface area contributed by atoms with Gasteiger partial charge in [0.15, 0.2) is 0 Å². The molecule has 0 radical (unpaired) electrons. The van der Waals surface area contributed by atoms with Crippen LogP contribution in [0, 0.1) is 11.3 Å². The van der Waals surface area contributed by atoms with E-state index in [4.69, 9.17) is 9.47 Å². The topological polar surface area (TPSA) is 50.8 Å². The molecule has 0 spiro atoms. The second-order valence-corrected chi connectivity index (χ2v) is 9.68. The van der Waals surface area contributed by atoms with Crippen molar-refractivity contribution in [3.8, 4) is 0 Å². The third kappa shape index (κ3) is 4.13. The summed E-state index contributed by atoms with van der Waals surface area (Å²) >= 11 is 0. The Morgan fingerprint density at radius 1 is 1.20 bits per heavy atom. The van der Waals surface area contributed by atoms with Gasteiger partial charge in [-0.25, -0.2) is 4.79 Å². The Bertz CT molecular complexity index is 486. The summed E-state index contributed by atoms with van der Waals surface area (Å²) in [4.78, 5) is 14.4. The Morgan fingerprint density at radius 2 is 1.96 bits per heavy atom. The van der Waals surface area contributed by atoms with Crippen molar-refractivity contribution >= 4 is 6.09 Å². The third-order valence-corrected chi connectivity index (χ3v) is 6.07. The number of carbonyl (C=O) groups excluding carboxylic acids is 1. The molecule has 144 valence electrons. The molecular weight excluding hydrogens is 316 g/mol. The summed E-state index contributed by atoms with van der Waals surface area (Å²) < 4.78 is 11.6. The maximum atomic E-state index is 12.5. The summed E-state index contributed by atoms with van der Waals surface area (Å²) in [6.07, 6.45) is 6.00. The predicted molar refractivity (Wildman–Crippen MR) is 98.6 cm³/mol. The van der Waals surface area contributed by atoms with E-state index < -0.39 is 5.60 Å². The minimum Gasteiger partial charge on any atom is -0.444 e. The summed E-state index contributed by atoms with van der Waals surface area (Å²) in [7, 11) is 0. The Labute approximate surface area is 152 Å². The number of nitrogens with zero attached hydrogens (tertiary/aromatic N) is 1. The highest BCUT2D eigenvalue weighted by molar-refractivity contribution is 5.68. The number of carbonyl (C=O) groups is 1. The summed E-state index contributed by atoms with van der Waals surface area (Å²) in [5.74, 6) is 0.627. The molecule has 2 heterocycles. The number of hydrogen-bond acceptors (Lipinski definition) is 4. The summed E-state index contributed by atoms with van der Waals surface area (Å²) in [5.41, 5.74) is -0.261. The molecule has 25 heavy (non-hydrogen) atoms. The molecule has 5 heteroatoms. The lowest BCUT2D eigenvalue weighted by molar-refractivity contribution is -0.194. The zero-order valence-electron chi connectivity index (χ0n) is 16.6. The van der Waals surface area contributed by atoms with E-state index in [1.807, 2.05) is 25.7 Å². The van der Waals surface area contributed by atoms with Gasteiger partial charge in [-0.1, -0.05) is 20.3 Å². The van der Waals surface area contributed by atoms with Crippen LogP contribution < -0.4 is 5.32 Å².